The minimum absolute atomic E-state index is 0.450. The summed E-state index contributed by atoms with van der Waals surface area (Å²) >= 11 is 0. The van der Waals surface area contributed by atoms with Gasteiger partial charge in [-0.05, 0) is 12.0 Å². The molecular formula is C10H11N3OS. The Balaban J connectivity index is 1.92. The molecule has 1 aromatic carbocycles. The fourth-order valence-electron chi connectivity index (χ4n) is 1.26. The van der Waals surface area contributed by atoms with Crippen molar-refractivity contribution in [2.45, 2.75) is 11.6 Å². The van der Waals surface area contributed by atoms with E-state index in [1.807, 2.05) is 30.3 Å². The molecule has 2 rings (SSSR count). The Morgan fingerprint density at radius 1 is 1.27 bits per heavy atom. The Kier molecular flexibility index (Phi) is 3.24. The average molecular weight is 221 g/mol. The zero-order valence-electron chi connectivity index (χ0n) is 8.09. The van der Waals surface area contributed by atoms with Crippen molar-refractivity contribution < 1.29 is 4.21 Å². The van der Waals surface area contributed by atoms with Gasteiger partial charge in [-0.2, -0.15) is 5.10 Å². The van der Waals surface area contributed by atoms with Gasteiger partial charge in [0.2, 0.25) is 5.16 Å². The Morgan fingerprint density at radius 2 is 2.07 bits per heavy atom. The van der Waals surface area contributed by atoms with Crippen molar-refractivity contribution in [3.63, 3.8) is 0 Å². The summed E-state index contributed by atoms with van der Waals surface area (Å²) in [6, 6.07) is 9.98. The van der Waals surface area contributed by atoms with E-state index in [9.17, 15) is 4.21 Å². The molecule has 0 saturated heterocycles. The quantitative estimate of drug-likeness (QED) is 0.842. The SMILES string of the molecule is O=S(CCc1ccccc1)c1ncn[nH]1. The molecule has 0 saturated carbocycles. The van der Waals surface area contributed by atoms with Crippen LogP contribution >= 0.6 is 0 Å². The number of aromatic amines is 1. The van der Waals surface area contributed by atoms with Gasteiger partial charge in [0, 0.05) is 5.75 Å². The maximum atomic E-state index is 11.7. The summed E-state index contributed by atoms with van der Waals surface area (Å²) in [5, 5.41) is 6.73. The number of H-pyrrole nitrogens is 1. The minimum Gasteiger partial charge on any atom is -0.252 e. The lowest BCUT2D eigenvalue weighted by atomic mass is 10.2. The number of nitrogens with one attached hydrogen (secondary N) is 1. The topological polar surface area (TPSA) is 58.6 Å². The van der Waals surface area contributed by atoms with Gasteiger partial charge in [-0.15, -0.1) is 0 Å². The fraction of sp³-hybridized carbons (Fsp3) is 0.200. The molecule has 1 atom stereocenters. The van der Waals surface area contributed by atoms with Crippen LogP contribution in [0.15, 0.2) is 41.8 Å². The van der Waals surface area contributed by atoms with E-state index in [2.05, 4.69) is 15.2 Å². The molecule has 1 N–H and O–H groups in total. The molecule has 1 aromatic heterocycles. The van der Waals surface area contributed by atoms with Gasteiger partial charge >= 0.3 is 0 Å². The Bertz CT molecular complexity index is 427. The zero-order chi connectivity index (χ0) is 10.5. The Hall–Kier alpha value is -1.49. The molecule has 0 fully saturated rings. The van der Waals surface area contributed by atoms with Crippen LogP contribution in [0, 0.1) is 0 Å². The van der Waals surface area contributed by atoms with Crippen molar-refractivity contribution in [1.29, 1.82) is 0 Å². The van der Waals surface area contributed by atoms with Crippen LogP contribution in [0.4, 0.5) is 0 Å². The smallest absolute Gasteiger partial charge is 0.214 e. The first-order valence-corrected chi connectivity index (χ1v) is 5.96. The van der Waals surface area contributed by atoms with E-state index in [1.165, 1.54) is 11.9 Å². The van der Waals surface area contributed by atoms with E-state index in [1.54, 1.807) is 0 Å². The summed E-state index contributed by atoms with van der Waals surface area (Å²) in [6.07, 6.45) is 2.16. The van der Waals surface area contributed by atoms with Gasteiger partial charge in [-0.1, -0.05) is 30.3 Å². The van der Waals surface area contributed by atoms with Crippen LogP contribution in [-0.4, -0.2) is 25.1 Å². The maximum Gasteiger partial charge on any atom is 0.214 e. The highest BCUT2D eigenvalue weighted by Crippen LogP contribution is 2.03. The highest BCUT2D eigenvalue weighted by Gasteiger charge is 2.06. The minimum atomic E-state index is -1.08. The number of benzene rings is 1. The number of rotatable bonds is 4. The zero-order valence-corrected chi connectivity index (χ0v) is 8.91. The molecule has 0 bridgehead atoms. The lowest BCUT2D eigenvalue weighted by Crippen LogP contribution is -2.03. The summed E-state index contributed by atoms with van der Waals surface area (Å²) in [6.45, 7) is 0. The third kappa shape index (κ3) is 2.73. The Morgan fingerprint density at radius 3 is 2.73 bits per heavy atom. The Labute approximate surface area is 90.2 Å². The molecule has 1 heterocycles. The van der Waals surface area contributed by atoms with Crippen LogP contribution in [0.2, 0.25) is 0 Å². The van der Waals surface area contributed by atoms with Crippen molar-refractivity contribution >= 4 is 10.8 Å². The predicted molar refractivity (Wildman–Crippen MR) is 57.8 cm³/mol. The molecule has 0 spiro atoms. The molecule has 0 radical (unpaired) electrons. The van der Waals surface area contributed by atoms with Crippen molar-refractivity contribution in [3.8, 4) is 0 Å². The van der Waals surface area contributed by atoms with Gasteiger partial charge < -0.3 is 0 Å². The van der Waals surface area contributed by atoms with E-state index >= 15 is 0 Å². The second-order valence-electron chi connectivity index (χ2n) is 3.08. The molecule has 0 amide bonds. The molecule has 15 heavy (non-hydrogen) atoms. The third-order valence-corrected chi connectivity index (χ3v) is 3.23. The highest BCUT2D eigenvalue weighted by atomic mass is 32.2. The molecule has 0 aliphatic rings. The van der Waals surface area contributed by atoms with Gasteiger partial charge in [0.15, 0.2) is 0 Å². The van der Waals surface area contributed by atoms with Gasteiger partial charge in [-0.3, -0.25) is 9.31 Å². The molecule has 0 aliphatic carbocycles. The average Bonchev–Trinajstić information content (AvgIpc) is 2.81. The van der Waals surface area contributed by atoms with E-state index in [4.69, 9.17) is 0 Å². The monoisotopic (exact) mass is 221 g/mol. The van der Waals surface area contributed by atoms with E-state index in [0.717, 1.165) is 6.42 Å². The molecule has 1 unspecified atom stereocenters. The predicted octanol–water partition coefficient (Wildman–Crippen LogP) is 1.16. The molecule has 4 nitrogen and oxygen atoms in total. The van der Waals surface area contributed by atoms with Gasteiger partial charge in [0.1, 0.15) is 6.33 Å². The van der Waals surface area contributed by atoms with Crippen LogP contribution in [0.5, 0.6) is 0 Å². The summed E-state index contributed by atoms with van der Waals surface area (Å²) in [5.41, 5.74) is 1.19. The number of hydrogen-bond donors (Lipinski definition) is 1. The fourth-order valence-corrected chi connectivity index (χ4v) is 2.19. The first-order chi connectivity index (χ1) is 7.36. The lowest BCUT2D eigenvalue weighted by molar-refractivity contribution is 0.675. The largest absolute Gasteiger partial charge is 0.252 e. The van der Waals surface area contributed by atoms with E-state index in [0.29, 0.717) is 10.9 Å². The van der Waals surface area contributed by atoms with Crippen molar-refractivity contribution in [1.82, 2.24) is 15.2 Å². The highest BCUT2D eigenvalue weighted by molar-refractivity contribution is 7.84. The van der Waals surface area contributed by atoms with Crippen molar-refractivity contribution in [2.75, 3.05) is 5.75 Å². The molecule has 78 valence electrons. The standard InChI is InChI=1S/C10H11N3OS/c14-15(10-11-8-12-13-10)7-6-9-4-2-1-3-5-9/h1-5,8H,6-7H2,(H,11,12,13). The van der Waals surface area contributed by atoms with E-state index < -0.39 is 10.8 Å². The third-order valence-electron chi connectivity index (χ3n) is 2.03. The first-order valence-electron chi connectivity index (χ1n) is 4.64. The number of nitrogens with zero attached hydrogens (tertiary/aromatic N) is 2. The van der Waals surface area contributed by atoms with E-state index in [-0.39, 0.29) is 0 Å². The van der Waals surface area contributed by atoms with Gasteiger partial charge in [0.05, 0.1) is 10.8 Å². The first kappa shape index (κ1) is 10.0. The normalized spacial score (nSPS) is 12.5. The second-order valence-corrected chi connectivity index (χ2v) is 4.56. The summed E-state index contributed by atoms with van der Waals surface area (Å²) < 4.78 is 11.7. The number of hydrogen-bond acceptors (Lipinski definition) is 3. The van der Waals surface area contributed by atoms with Crippen LogP contribution in [0.1, 0.15) is 5.56 Å². The summed E-state index contributed by atoms with van der Waals surface area (Å²) in [4.78, 5) is 3.86. The summed E-state index contributed by atoms with van der Waals surface area (Å²) in [7, 11) is -1.08. The summed E-state index contributed by atoms with van der Waals surface area (Å²) in [5.74, 6) is 0.569. The van der Waals surface area contributed by atoms with Crippen LogP contribution in [0.25, 0.3) is 0 Å². The lowest BCUT2D eigenvalue weighted by Gasteiger charge is -1.99. The van der Waals surface area contributed by atoms with Crippen molar-refractivity contribution in [2.24, 2.45) is 0 Å². The molecular weight excluding hydrogens is 210 g/mol. The number of aromatic nitrogens is 3. The second kappa shape index (κ2) is 4.84. The van der Waals surface area contributed by atoms with Crippen LogP contribution in [-0.2, 0) is 17.2 Å². The van der Waals surface area contributed by atoms with Crippen LogP contribution < -0.4 is 0 Å². The molecule has 0 aliphatic heterocycles. The van der Waals surface area contributed by atoms with Crippen LogP contribution in [0.3, 0.4) is 0 Å². The van der Waals surface area contributed by atoms with Gasteiger partial charge in [0.25, 0.3) is 0 Å². The molecule has 2 aromatic rings. The molecule has 5 heteroatoms. The number of aryl methyl sites for hydroxylation is 1. The van der Waals surface area contributed by atoms with Gasteiger partial charge in [-0.25, -0.2) is 4.98 Å². The van der Waals surface area contributed by atoms with Crippen molar-refractivity contribution in [3.05, 3.63) is 42.2 Å². The maximum absolute atomic E-state index is 11.7.